The highest BCUT2D eigenvalue weighted by molar-refractivity contribution is 14.0. The molecule has 0 aliphatic carbocycles. The minimum atomic E-state index is 0. The number of piperazine rings is 1. The third-order valence-corrected chi connectivity index (χ3v) is 5.57. The van der Waals surface area contributed by atoms with Crippen molar-refractivity contribution in [1.29, 1.82) is 0 Å². The van der Waals surface area contributed by atoms with Crippen LogP contribution in [0.1, 0.15) is 5.56 Å². The van der Waals surface area contributed by atoms with Crippen LogP contribution in [-0.4, -0.2) is 67.5 Å². The molecule has 2 aromatic carbocycles. The van der Waals surface area contributed by atoms with Crippen LogP contribution in [0, 0.1) is 0 Å². The van der Waals surface area contributed by atoms with E-state index in [0.29, 0.717) is 0 Å². The Morgan fingerprint density at radius 1 is 1.03 bits per heavy atom. The average Bonchev–Trinajstić information content (AvgIpc) is 3.31. The van der Waals surface area contributed by atoms with E-state index < -0.39 is 0 Å². The molecule has 2 heterocycles. The topological polar surface area (TPSA) is 57.9 Å². The number of ether oxygens (including phenoxy) is 1. The third kappa shape index (κ3) is 5.73. The number of aliphatic imine (C=N–C) groups is 1. The molecule has 1 saturated heterocycles. The summed E-state index contributed by atoms with van der Waals surface area (Å²) in [7, 11) is 3.58. The molecule has 0 amide bonds. The van der Waals surface area contributed by atoms with Gasteiger partial charge >= 0.3 is 0 Å². The second kappa shape index (κ2) is 11.8. The van der Waals surface area contributed by atoms with Crippen LogP contribution in [0.3, 0.4) is 0 Å². The number of aromatic nitrogens is 2. The predicted molar refractivity (Wildman–Crippen MR) is 141 cm³/mol. The molecule has 0 spiro atoms. The monoisotopic (exact) mass is 546 g/mol. The van der Waals surface area contributed by atoms with Crippen molar-refractivity contribution in [3.63, 3.8) is 0 Å². The van der Waals surface area contributed by atoms with Gasteiger partial charge < -0.3 is 19.9 Å². The lowest BCUT2D eigenvalue weighted by molar-refractivity contribution is 0.367. The number of guanidine groups is 1. The van der Waals surface area contributed by atoms with Crippen LogP contribution >= 0.6 is 24.0 Å². The lowest BCUT2D eigenvalue weighted by atomic mass is 10.2. The summed E-state index contributed by atoms with van der Waals surface area (Å²) in [6, 6.07) is 18.4. The fraction of sp³-hybridized carbons (Fsp3) is 0.333. The molecule has 0 bridgehead atoms. The summed E-state index contributed by atoms with van der Waals surface area (Å²) in [6.45, 7) is 4.53. The van der Waals surface area contributed by atoms with Gasteiger partial charge in [-0.25, -0.2) is 4.68 Å². The molecule has 0 unspecified atom stereocenters. The van der Waals surface area contributed by atoms with E-state index in [1.165, 1.54) is 5.56 Å². The van der Waals surface area contributed by atoms with Crippen LogP contribution in [0.4, 0.5) is 5.69 Å². The van der Waals surface area contributed by atoms with Crippen molar-refractivity contribution in [2.24, 2.45) is 4.99 Å². The number of anilines is 1. The number of rotatable bonds is 6. The van der Waals surface area contributed by atoms with Gasteiger partial charge in [0.15, 0.2) is 5.96 Å². The van der Waals surface area contributed by atoms with Crippen molar-refractivity contribution >= 4 is 35.6 Å². The van der Waals surface area contributed by atoms with Crippen LogP contribution in [0.25, 0.3) is 5.69 Å². The zero-order valence-corrected chi connectivity index (χ0v) is 21.0. The Hall–Kier alpha value is -2.75. The first-order valence-corrected chi connectivity index (χ1v) is 10.7. The van der Waals surface area contributed by atoms with Crippen molar-refractivity contribution < 1.29 is 4.74 Å². The molecule has 0 atom stereocenters. The zero-order chi connectivity index (χ0) is 21.5. The molecular formula is C24H31IN6O. The van der Waals surface area contributed by atoms with Gasteiger partial charge in [-0.3, -0.25) is 4.99 Å². The number of hydrogen-bond acceptors (Lipinski definition) is 4. The van der Waals surface area contributed by atoms with Gasteiger partial charge in [-0.05, 0) is 36.2 Å². The predicted octanol–water partition coefficient (Wildman–Crippen LogP) is 3.44. The molecule has 8 heteroatoms. The van der Waals surface area contributed by atoms with Gasteiger partial charge in [0.1, 0.15) is 5.75 Å². The molecular weight excluding hydrogens is 515 g/mol. The molecule has 1 aliphatic heterocycles. The quantitative estimate of drug-likeness (QED) is 0.292. The molecule has 0 radical (unpaired) electrons. The van der Waals surface area contributed by atoms with Gasteiger partial charge in [-0.2, -0.15) is 5.10 Å². The SMILES string of the molecule is CN=C(NCCc1cnn(-c2ccccc2)c1)N1CCN(c2ccccc2OC)CC1.I. The number of benzene rings is 2. The minimum absolute atomic E-state index is 0. The maximum atomic E-state index is 5.52. The molecule has 1 aromatic heterocycles. The molecule has 1 aliphatic rings. The summed E-state index contributed by atoms with van der Waals surface area (Å²) in [6.07, 6.45) is 4.92. The van der Waals surface area contributed by atoms with Crippen LogP contribution < -0.4 is 15.0 Å². The molecule has 32 heavy (non-hydrogen) atoms. The summed E-state index contributed by atoms with van der Waals surface area (Å²) in [4.78, 5) is 9.19. The Morgan fingerprint density at radius 2 is 1.75 bits per heavy atom. The van der Waals surface area contributed by atoms with E-state index in [4.69, 9.17) is 4.74 Å². The molecule has 4 rings (SSSR count). The fourth-order valence-electron chi connectivity index (χ4n) is 3.91. The van der Waals surface area contributed by atoms with Crippen LogP contribution in [0.2, 0.25) is 0 Å². The van der Waals surface area contributed by atoms with Gasteiger partial charge in [-0.15, -0.1) is 24.0 Å². The van der Waals surface area contributed by atoms with Gasteiger partial charge in [0, 0.05) is 46.0 Å². The van der Waals surface area contributed by atoms with E-state index in [0.717, 1.165) is 62.2 Å². The number of halogens is 1. The minimum Gasteiger partial charge on any atom is -0.495 e. The maximum absolute atomic E-state index is 5.52. The first-order chi connectivity index (χ1) is 15.3. The molecule has 1 N–H and O–H groups in total. The van der Waals surface area contributed by atoms with Crippen LogP contribution in [-0.2, 0) is 6.42 Å². The smallest absolute Gasteiger partial charge is 0.193 e. The van der Waals surface area contributed by atoms with Crippen molar-refractivity contribution in [2.45, 2.75) is 6.42 Å². The lowest BCUT2D eigenvalue weighted by Crippen LogP contribution is -2.52. The van der Waals surface area contributed by atoms with E-state index in [1.807, 2.05) is 48.3 Å². The number of nitrogens with zero attached hydrogens (tertiary/aromatic N) is 5. The molecule has 1 fully saturated rings. The largest absolute Gasteiger partial charge is 0.495 e. The van der Waals surface area contributed by atoms with Gasteiger partial charge in [-0.1, -0.05) is 30.3 Å². The highest BCUT2D eigenvalue weighted by atomic mass is 127. The fourth-order valence-corrected chi connectivity index (χ4v) is 3.91. The lowest BCUT2D eigenvalue weighted by Gasteiger charge is -2.38. The standard InChI is InChI=1S/C24H30N6O.HI/c1-25-24(26-13-12-20-18-27-30(19-20)21-8-4-3-5-9-21)29-16-14-28(15-17-29)22-10-6-7-11-23(22)31-2;/h3-11,18-19H,12-17H2,1-2H3,(H,25,26);1H. The van der Waals surface area contributed by atoms with E-state index in [1.54, 1.807) is 7.11 Å². The normalized spacial score (nSPS) is 14.1. The highest BCUT2D eigenvalue weighted by Crippen LogP contribution is 2.28. The zero-order valence-electron chi connectivity index (χ0n) is 18.6. The summed E-state index contributed by atoms with van der Waals surface area (Å²) < 4.78 is 7.44. The average molecular weight is 546 g/mol. The van der Waals surface area contributed by atoms with Crippen molar-refractivity contribution in [3.05, 3.63) is 72.6 Å². The summed E-state index contributed by atoms with van der Waals surface area (Å²) in [5.74, 6) is 1.88. The van der Waals surface area contributed by atoms with Crippen molar-refractivity contribution in [3.8, 4) is 11.4 Å². The first-order valence-electron chi connectivity index (χ1n) is 10.7. The molecule has 3 aromatic rings. The third-order valence-electron chi connectivity index (χ3n) is 5.57. The van der Waals surface area contributed by atoms with Gasteiger partial charge in [0.25, 0.3) is 0 Å². The molecule has 0 saturated carbocycles. The van der Waals surface area contributed by atoms with E-state index >= 15 is 0 Å². The Labute approximate surface area is 207 Å². The highest BCUT2D eigenvalue weighted by Gasteiger charge is 2.21. The number of hydrogen-bond donors (Lipinski definition) is 1. The second-order valence-electron chi connectivity index (χ2n) is 7.50. The van der Waals surface area contributed by atoms with E-state index in [-0.39, 0.29) is 24.0 Å². The summed E-state index contributed by atoms with van der Waals surface area (Å²) >= 11 is 0. The molecule has 7 nitrogen and oxygen atoms in total. The first kappa shape index (κ1) is 23.9. The Bertz CT molecular complexity index is 998. The summed E-state index contributed by atoms with van der Waals surface area (Å²) in [5, 5.41) is 7.99. The molecule has 170 valence electrons. The van der Waals surface area contributed by atoms with E-state index in [9.17, 15) is 0 Å². The number of para-hydroxylation sites is 3. The Balaban J connectivity index is 0.00000289. The van der Waals surface area contributed by atoms with Crippen LogP contribution in [0.15, 0.2) is 72.0 Å². The van der Waals surface area contributed by atoms with Crippen LogP contribution in [0.5, 0.6) is 5.75 Å². The Morgan fingerprint density at radius 3 is 2.47 bits per heavy atom. The number of nitrogens with one attached hydrogen (secondary N) is 1. The summed E-state index contributed by atoms with van der Waals surface area (Å²) in [5.41, 5.74) is 3.43. The Kier molecular flexibility index (Phi) is 8.78. The van der Waals surface area contributed by atoms with Gasteiger partial charge in [0.2, 0.25) is 0 Å². The second-order valence-corrected chi connectivity index (χ2v) is 7.50. The van der Waals surface area contributed by atoms with Crippen molar-refractivity contribution in [2.75, 3.05) is 51.8 Å². The maximum Gasteiger partial charge on any atom is 0.193 e. The van der Waals surface area contributed by atoms with Crippen molar-refractivity contribution in [1.82, 2.24) is 20.0 Å². The van der Waals surface area contributed by atoms with E-state index in [2.05, 4.69) is 55.7 Å². The number of methoxy groups -OCH3 is 1. The van der Waals surface area contributed by atoms with Gasteiger partial charge in [0.05, 0.1) is 24.7 Å².